The fourth-order valence-corrected chi connectivity index (χ4v) is 2.35. The van der Waals surface area contributed by atoms with Crippen molar-refractivity contribution < 1.29 is 4.79 Å². The molecule has 0 atom stereocenters. The van der Waals surface area contributed by atoms with Gasteiger partial charge in [0.1, 0.15) is 0 Å². The summed E-state index contributed by atoms with van der Waals surface area (Å²) in [5.74, 6) is 0. The van der Waals surface area contributed by atoms with Crippen LogP contribution in [-0.2, 0) is 13.0 Å². The van der Waals surface area contributed by atoms with Crippen molar-refractivity contribution in [2.75, 3.05) is 0 Å². The number of aldehydes is 1. The van der Waals surface area contributed by atoms with E-state index in [0.717, 1.165) is 17.5 Å². The Morgan fingerprint density at radius 3 is 2.14 bits per heavy atom. The molecule has 1 aromatic heterocycles. The molecular formula is C18H16N2O. The zero-order valence-corrected chi connectivity index (χ0v) is 11.6. The topological polar surface area (TPSA) is 34.9 Å². The Hall–Kier alpha value is -2.68. The summed E-state index contributed by atoms with van der Waals surface area (Å²) in [5.41, 5.74) is 3.82. The molecule has 0 unspecified atom stereocenters. The van der Waals surface area contributed by atoms with Gasteiger partial charge in [0, 0.05) is 12.6 Å². The molecule has 0 aliphatic rings. The van der Waals surface area contributed by atoms with Crippen LogP contribution >= 0.6 is 0 Å². The van der Waals surface area contributed by atoms with E-state index in [4.69, 9.17) is 0 Å². The van der Waals surface area contributed by atoms with E-state index in [1.807, 2.05) is 59.4 Å². The Balaban J connectivity index is 1.83. The standard InChI is InChI=1S/C18H16N2O/c21-14-17-13-20(12-16-9-5-2-6-10-16)19-18(17)11-15-7-3-1-4-8-15/h1-10,13-14H,11-12H2. The third kappa shape index (κ3) is 3.26. The number of hydrogen-bond donors (Lipinski definition) is 0. The fraction of sp³-hybridized carbons (Fsp3) is 0.111. The molecule has 3 aromatic rings. The Morgan fingerprint density at radius 1 is 0.905 bits per heavy atom. The molecule has 0 amide bonds. The Kier molecular flexibility index (Phi) is 3.92. The lowest BCUT2D eigenvalue weighted by Crippen LogP contribution is -2.01. The Labute approximate surface area is 123 Å². The van der Waals surface area contributed by atoms with Crippen LogP contribution in [-0.4, -0.2) is 16.1 Å². The highest BCUT2D eigenvalue weighted by Crippen LogP contribution is 2.12. The van der Waals surface area contributed by atoms with Crippen molar-refractivity contribution in [1.29, 1.82) is 0 Å². The second kappa shape index (κ2) is 6.18. The molecule has 0 spiro atoms. The van der Waals surface area contributed by atoms with Crippen LogP contribution in [0.3, 0.4) is 0 Å². The molecule has 0 radical (unpaired) electrons. The molecule has 0 saturated carbocycles. The van der Waals surface area contributed by atoms with E-state index in [0.29, 0.717) is 18.5 Å². The predicted molar refractivity (Wildman–Crippen MR) is 82.4 cm³/mol. The minimum atomic E-state index is 0.662. The van der Waals surface area contributed by atoms with Crippen molar-refractivity contribution in [1.82, 2.24) is 9.78 Å². The number of rotatable bonds is 5. The van der Waals surface area contributed by atoms with Crippen LogP contribution in [0.1, 0.15) is 27.2 Å². The van der Waals surface area contributed by atoms with Gasteiger partial charge in [-0.1, -0.05) is 60.7 Å². The number of aromatic nitrogens is 2. The quantitative estimate of drug-likeness (QED) is 0.670. The van der Waals surface area contributed by atoms with Gasteiger partial charge < -0.3 is 0 Å². The van der Waals surface area contributed by atoms with E-state index in [2.05, 4.69) is 17.2 Å². The van der Waals surface area contributed by atoms with E-state index in [-0.39, 0.29) is 0 Å². The lowest BCUT2D eigenvalue weighted by atomic mass is 10.1. The molecule has 3 nitrogen and oxygen atoms in total. The van der Waals surface area contributed by atoms with E-state index in [1.54, 1.807) is 0 Å². The SMILES string of the molecule is O=Cc1cn(Cc2ccccc2)nc1Cc1ccccc1. The molecule has 21 heavy (non-hydrogen) atoms. The van der Waals surface area contributed by atoms with Gasteiger partial charge in [-0.05, 0) is 11.1 Å². The van der Waals surface area contributed by atoms with Gasteiger partial charge in [-0.2, -0.15) is 5.10 Å². The largest absolute Gasteiger partial charge is 0.298 e. The molecule has 0 bridgehead atoms. The van der Waals surface area contributed by atoms with Crippen molar-refractivity contribution in [3.05, 3.63) is 89.2 Å². The highest BCUT2D eigenvalue weighted by Gasteiger charge is 2.09. The van der Waals surface area contributed by atoms with Gasteiger partial charge in [-0.3, -0.25) is 9.48 Å². The maximum Gasteiger partial charge on any atom is 0.153 e. The monoisotopic (exact) mass is 276 g/mol. The van der Waals surface area contributed by atoms with E-state index in [9.17, 15) is 4.79 Å². The van der Waals surface area contributed by atoms with Crippen molar-refractivity contribution in [3.63, 3.8) is 0 Å². The first-order valence-corrected chi connectivity index (χ1v) is 6.94. The Bertz CT molecular complexity index is 717. The first-order chi connectivity index (χ1) is 10.3. The first-order valence-electron chi connectivity index (χ1n) is 6.94. The summed E-state index contributed by atoms with van der Waals surface area (Å²) >= 11 is 0. The third-order valence-corrected chi connectivity index (χ3v) is 3.40. The number of hydrogen-bond acceptors (Lipinski definition) is 2. The summed E-state index contributed by atoms with van der Waals surface area (Å²) in [7, 11) is 0. The van der Waals surface area contributed by atoms with Gasteiger partial charge >= 0.3 is 0 Å². The molecule has 3 heteroatoms. The summed E-state index contributed by atoms with van der Waals surface area (Å²) in [6, 6.07) is 20.2. The van der Waals surface area contributed by atoms with Crippen molar-refractivity contribution >= 4 is 6.29 Å². The third-order valence-electron chi connectivity index (χ3n) is 3.40. The summed E-state index contributed by atoms with van der Waals surface area (Å²) in [5, 5.41) is 4.56. The first kappa shape index (κ1) is 13.3. The van der Waals surface area contributed by atoms with Crippen LogP contribution in [0, 0.1) is 0 Å². The average Bonchev–Trinajstić information content (AvgIpc) is 2.91. The summed E-state index contributed by atoms with van der Waals surface area (Å²) < 4.78 is 1.83. The summed E-state index contributed by atoms with van der Waals surface area (Å²) in [4.78, 5) is 11.2. The lowest BCUT2D eigenvalue weighted by molar-refractivity contribution is 0.112. The van der Waals surface area contributed by atoms with Crippen LogP contribution in [0.2, 0.25) is 0 Å². The fourth-order valence-electron chi connectivity index (χ4n) is 2.35. The van der Waals surface area contributed by atoms with Gasteiger partial charge in [0.25, 0.3) is 0 Å². The molecule has 104 valence electrons. The minimum absolute atomic E-state index is 0.662. The number of nitrogens with zero attached hydrogens (tertiary/aromatic N) is 2. The normalized spacial score (nSPS) is 10.5. The molecule has 1 heterocycles. The van der Waals surface area contributed by atoms with E-state index >= 15 is 0 Å². The molecule has 0 aliphatic carbocycles. The highest BCUT2D eigenvalue weighted by atomic mass is 16.1. The molecule has 0 aliphatic heterocycles. The smallest absolute Gasteiger partial charge is 0.153 e. The molecule has 2 aromatic carbocycles. The summed E-state index contributed by atoms with van der Waals surface area (Å²) in [6.45, 7) is 0.677. The van der Waals surface area contributed by atoms with Crippen LogP contribution < -0.4 is 0 Å². The number of carbonyl (C=O) groups is 1. The van der Waals surface area contributed by atoms with Crippen LogP contribution in [0.4, 0.5) is 0 Å². The van der Waals surface area contributed by atoms with Crippen LogP contribution in [0.5, 0.6) is 0 Å². The summed E-state index contributed by atoms with van der Waals surface area (Å²) in [6.07, 6.45) is 3.38. The van der Waals surface area contributed by atoms with Gasteiger partial charge in [0.2, 0.25) is 0 Å². The van der Waals surface area contributed by atoms with Crippen molar-refractivity contribution in [2.24, 2.45) is 0 Å². The van der Waals surface area contributed by atoms with Gasteiger partial charge in [0.15, 0.2) is 6.29 Å². The second-order valence-corrected chi connectivity index (χ2v) is 4.99. The van der Waals surface area contributed by atoms with Crippen molar-refractivity contribution in [3.8, 4) is 0 Å². The van der Waals surface area contributed by atoms with Gasteiger partial charge in [-0.15, -0.1) is 0 Å². The average molecular weight is 276 g/mol. The number of benzene rings is 2. The molecular weight excluding hydrogens is 260 g/mol. The van der Waals surface area contributed by atoms with Gasteiger partial charge in [0.05, 0.1) is 17.8 Å². The van der Waals surface area contributed by atoms with Crippen molar-refractivity contribution in [2.45, 2.75) is 13.0 Å². The highest BCUT2D eigenvalue weighted by molar-refractivity contribution is 5.76. The Morgan fingerprint density at radius 2 is 1.52 bits per heavy atom. The maximum absolute atomic E-state index is 11.2. The molecule has 0 fully saturated rings. The van der Waals surface area contributed by atoms with Crippen LogP contribution in [0.15, 0.2) is 66.9 Å². The van der Waals surface area contributed by atoms with Crippen LogP contribution in [0.25, 0.3) is 0 Å². The number of carbonyl (C=O) groups excluding carboxylic acids is 1. The zero-order valence-electron chi connectivity index (χ0n) is 11.6. The maximum atomic E-state index is 11.2. The predicted octanol–water partition coefficient (Wildman–Crippen LogP) is 3.33. The van der Waals surface area contributed by atoms with E-state index in [1.165, 1.54) is 5.56 Å². The molecule has 0 N–H and O–H groups in total. The zero-order chi connectivity index (χ0) is 14.5. The lowest BCUT2D eigenvalue weighted by Gasteiger charge is -2.01. The minimum Gasteiger partial charge on any atom is -0.298 e. The molecule has 0 saturated heterocycles. The van der Waals surface area contributed by atoms with Gasteiger partial charge in [-0.25, -0.2) is 0 Å². The second-order valence-electron chi connectivity index (χ2n) is 4.99. The molecule has 3 rings (SSSR count). The van der Waals surface area contributed by atoms with E-state index < -0.39 is 0 Å².